The van der Waals surface area contributed by atoms with Gasteiger partial charge in [0.15, 0.2) is 0 Å². The van der Waals surface area contributed by atoms with Gasteiger partial charge in [-0.15, -0.1) is 11.3 Å². The third kappa shape index (κ3) is 3.81. The number of thiophene rings is 1. The van der Waals surface area contributed by atoms with E-state index < -0.39 is 0 Å². The van der Waals surface area contributed by atoms with Crippen molar-refractivity contribution in [3.8, 4) is 6.07 Å². The summed E-state index contributed by atoms with van der Waals surface area (Å²) in [5.74, 6) is 0.638. The summed E-state index contributed by atoms with van der Waals surface area (Å²) >= 11 is 1.75. The molecule has 0 spiro atoms. The van der Waals surface area contributed by atoms with Gasteiger partial charge in [0.25, 0.3) is 0 Å². The lowest BCUT2D eigenvalue weighted by Crippen LogP contribution is -2.30. The fourth-order valence-corrected chi connectivity index (χ4v) is 3.48. The minimum absolute atomic E-state index is 0.0845. The molecular weight excluding hydrogens is 310 g/mol. The maximum Gasteiger partial charge on any atom is 0.240 e. The Kier molecular flexibility index (Phi) is 5.24. The average Bonchev–Trinajstić information content (AvgIpc) is 2.96. The first-order valence-corrected chi connectivity index (χ1v) is 8.25. The van der Waals surface area contributed by atoms with Crippen LogP contribution in [0.5, 0.6) is 0 Å². The van der Waals surface area contributed by atoms with Crippen LogP contribution in [-0.4, -0.2) is 12.5 Å². The maximum absolute atomic E-state index is 12.1. The quantitative estimate of drug-likeness (QED) is 0.875. The number of anilines is 1. The molecule has 5 nitrogen and oxygen atoms in total. The van der Waals surface area contributed by atoms with Crippen LogP contribution in [0.25, 0.3) is 0 Å². The van der Waals surface area contributed by atoms with Crippen molar-refractivity contribution >= 4 is 23.1 Å². The summed E-state index contributed by atoms with van der Waals surface area (Å²) in [5, 5.41) is 15.0. The highest BCUT2D eigenvalue weighted by Crippen LogP contribution is 2.27. The summed E-state index contributed by atoms with van der Waals surface area (Å²) in [7, 11) is 0. The smallest absolute Gasteiger partial charge is 0.240 e. The van der Waals surface area contributed by atoms with Crippen molar-refractivity contribution in [2.24, 2.45) is 0 Å². The highest BCUT2D eigenvalue weighted by molar-refractivity contribution is 7.12. The van der Waals surface area contributed by atoms with Crippen molar-refractivity contribution < 1.29 is 9.21 Å². The van der Waals surface area contributed by atoms with E-state index in [4.69, 9.17) is 9.68 Å². The van der Waals surface area contributed by atoms with Crippen molar-refractivity contribution in [2.75, 3.05) is 11.9 Å². The zero-order valence-electron chi connectivity index (χ0n) is 14.0. The molecule has 0 bridgehead atoms. The van der Waals surface area contributed by atoms with E-state index >= 15 is 0 Å². The van der Waals surface area contributed by atoms with Gasteiger partial charge >= 0.3 is 0 Å². The van der Waals surface area contributed by atoms with Gasteiger partial charge in [0.05, 0.1) is 6.54 Å². The fraction of sp³-hybridized carbons (Fsp3) is 0.412. The van der Waals surface area contributed by atoms with Crippen LogP contribution in [0, 0.1) is 39.0 Å². The molecule has 0 radical (unpaired) electrons. The van der Waals surface area contributed by atoms with E-state index in [1.807, 2.05) is 6.92 Å². The number of nitriles is 1. The van der Waals surface area contributed by atoms with Gasteiger partial charge in [0.1, 0.15) is 17.4 Å². The zero-order chi connectivity index (χ0) is 17.1. The van der Waals surface area contributed by atoms with Crippen LogP contribution < -0.4 is 10.6 Å². The van der Waals surface area contributed by atoms with Crippen molar-refractivity contribution in [2.45, 2.75) is 40.7 Å². The fourth-order valence-electron chi connectivity index (χ4n) is 2.46. The minimum atomic E-state index is -0.230. The number of hydrogen-bond acceptors (Lipinski definition) is 5. The zero-order valence-corrected chi connectivity index (χ0v) is 14.9. The summed E-state index contributed by atoms with van der Waals surface area (Å²) in [6.07, 6.45) is 0. The van der Waals surface area contributed by atoms with Crippen LogP contribution in [0.1, 0.15) is 45.2 Å². The van der Waals surface area contributed by atoms with Crippen molar-refractivity contribution in [3.05, 3.63) is 38.3 Å². The monoisotopic (exact) mass is 331 g/mol. The maximum atomic E-state index is 12.1. The number of nitrogens with zero attached hydrogens (tertiary/aromatic N) is 1. The van der Waals surface area contributed by atoms with Crippen LogP contribution in [0.2, 0.25) is 0 Å². The number of rotatable bonds is 5. The van der Waals surface area contributed by atoms with Gasteiger partial charge in [-0.25, -0.2) is 0 Å². The molecule has 23 heavy (non-hydrogen) atoms. The molecule has 0 aliphatic heterocycles. The molecule has 122 valence electrons. The largest absolute Gasteiger partial charge is 0.444 e. The van der Waals surface area contributed by atoms with E-state index in [-0.39, 0.29) is 24.4 Å². The first kappa shape index (κ1) is 17.3. The van der Waals surface area contributed by atoms with Gasteiger partial charge in [-0.3, -0.25) is 10.1 Å². The molecule has 0 aliphatic rings. The second-order valence-electron chi connectivity index (χ2n) is 5.62. The number of amides is 1. The molecular formula is C17H21N3O2S. The third-order valence-corrected chi connectivity index (χ3v) is 4.85. The highest BCUT2D eigenvalue weighted by Gasteiger charge is 2.17. The summed E-state index contributed by atoms with van der Waals surface area (Å²) in [6.45, 7) is 9.91. The van der Waals surface area contributed by atoms with Gasteiger partial charge in [-0.2, -0.15) is 5.26 Å². The molecule has 0 saturated heterocycles. The Morgan fingerprint density at radius 1 is 1.39 bits per heavy atom. The first-order valence-electron chi connectivity index (χ1n) is 7.43. The number of furan rings is 1. The van der Waals surface area contributed by atoms with E-state index in [0.717, 1.165) is 5.56 Å². The standard InChI is InChI=1S/C17H21N3O2S/c1-9-6-14(13(5)23-9)11(3)19-8-16(21)20-17-15(7-18)10(2)12(4)22-17/h6,11,19H,8H2,1-5H3,(H,20,21)/t11-/m0/s1. The van der Waals surface area contributed by atoms with Gasteiger partial charge in [-0.1, -0.05) is 0 Å². The molecule has 6 heteroatoms. The Morgan fingerprint density at radius 2 is 2.09 bits per heavy atom. The Bertz CT molecular complexity index is 768. The van der Waals surface area contributed by atoms with Gasteiger partial charge in [0.2, 0.25) is 11.8 Å². The number of hydrogen-bond donors (Lipinski definition) is 2. The Morgan fingerprint density at radius 3 is 2.65 bits per heavy atom. The molecule has 1 amide bonds. The van der Waals surface area contributed by atoms with Gasteiger partial charge < -0.3 is 9.73 Å². The molecule has 0 fully saturated rings. The van der Waals surface area contributed by atoms with E-state index in [1.54, 1.807) is 25.2 Å². The number of carbonyl (C=O) groups is 1. The molecule has 1 atom stereocenters. The SMILES string of the molecule is Cc1cc([C@H](C)NCC(=O)Nc2oc(C)c(C)c2C#N)c(C)s1. The average molecular weight is 331 g/mol. The first-order chi connectivity index (χ1) is 10.8. The normalized spacial score (nSPS) is 12.0. The predicted octanol–water partition coefficient (Wildman–Crippen LogP) is 3.74. The van der Waals surface area contributed by atoms with Crippen LogP contribution in [0.4, 0.5) is 5.88 Å². The van der Waals surface area contributed by atoms with E-state index in [2.05, 4.69) is 36.6 Å². The highest BCUT2D eigenvalue weighted by atomic mass is 32.1. The van der Waals surface area contributed by atoms with Crippen LogP contribution in [-0.2, 0) is 4.79 Å². The Hall–Kier alpha value is -2.10. The predicted molar refractivity (Wildman–Crippen MR) is 91.7 cm³/mol. The lowest BCUT2D eigenvalue weighted by Gasteiger charge is -2.13. The molecule has 2 aromatic rings. The van der Waals surface area contributed by atoms with E-state index in [9.17, 15) is 4.79 Å². The van der Waals surface area contributed by atoms with Gasteiger partial charge in [-0.05, 0) is 46.2 Å². The lowest BCUT2D eigenvalue weighted by molar-refractivity contribution is -0.115. The number of nitrogens with one attached hydrogen (secondary N) is 2. The van der Waals surface area contributed by atoms with Gasteiger partial charge in [0, 0.05) is 21.4 Å². The third-order valence-electron chi connectivity index (χ3n) is 3.86. The van der Waals surface area contributed by atoms with E-state index in [0.29, 0.717) is 11.3 Å². The lowest BCUT2D eigenvalue weighted by atomic mass is 10.1. The molecule has 0 aliphatic carbocycles. The molecule has 2 heterocycles. The molecule has 0 unspecified atom stereocenters. The summed E-state index contributed by atoms with van der Waals surface area (Å²) in [6, 6.07) is 4.29. The van der Waals surface area contributed by atoms with Crippen LogP contribution in [0.3, 0.4) is 0 Å². The second-order valence-corrected chi connectivity index (χ2v) is 7.08. The van der Waals surface area contributed by atoms with Crippen LogP contribution in [0.15, 0.2) is 10.5 Å². The number of carbonyl (C=O) groups excluding carboxylic acids is 1. The molecule has 2 aromatic heterocycles. The van der Waals surface area contributed by atoms with Crippen molar-refractivity contribution in [1.82, 2.24) is 5.32 Å². The summed E-state index contributed by atoms with van der Waals surface area (Å²) in [4.78, 5) is 14.6. The molecule has 0 saturated carbocycles. The summed E-state index contributed by atoms with van der Waals surface area (Å²) in [5.41, 5.74) is 2.35. The molecule has 2 N–H and O–H groups in total. The topological polar surface area (TPSA) is 78.1 Å². The molecule has 0 aromatic carbocycles. The number of aryl methyl sites for hydroxylation is 3. The van der Waals surface area contributed by atoms with Crippen molar-refractivity contribution in [1.29, 1.82) is 5.26 Å². The Balaban J connectivity index is 1.97. The Labute approximate surface area is 140 Å². The van der Waals surface area contributed by atoms with E-state index in [1.165, 1.54) is 15.3 Å². The summed E-state index contributed by atoms with van der Waals surface area (Å²) < 4.78 is 5.44. The minimum Gasteiger partial charge on any atom is -0.444 e. The molecule has 2 rings (SSSR count). The van der Waals surface area contributed by atoms with Crippen LogP contribution >= 0.6 is 11.3 Å². The second kappa shape index (κ2) is 6.99. The van der Waals surface area contributed by atoms with Crippen molar-refractivity contribution in [3.63, 3.8) is 0 Å².